The van der Waals surface area contributed by atoms with Gasteiger partial charge in [-0.05, 0) is 37.3 Å². The number of hydrogen-bond acceptors (Lipinski definition) is 4. The van der Waals surface area contributed by atoms with Gasteiger partial charge in [-0.15, -0.1) is 0 Å². The molecule has 1 aromatic heterocycles. The zero-order chi connectivity index (χ0) is 19.4. The van der Waals surface area contributed by atoms with Crippen molar-refractivity contribution in [2.24, 2.45) is 4.99 Å². The minimum Gasteiger partial charge on any atom is -0.494 e. The van der Waals surface area contributed by atoms with E-state index in [1.54, 1.807) is 25.3 Å². The van der Waals surface area contributed by atoms with Crippen molar-refractivity contribution in [3.63, 3.8) is 0 Å². The molecule has 7 heteroatoms. The SMILES string of the molecule is CCN(CCOC)c1ccc(N=Cc2c(O)[nH]c3cc(F)ccc23)cc1F. The van der Waals surface area contributed by atoms with E-state index in [1.165, 1.54) is 24.4 Å². The first-order chi connectivity index (χ1) is 13.0. The van der Waals surface area contributed by atoms with E-state index in [2.05, 4.69) is 9.98 Å². The molecule has 0 spiro atoms. The smallest absolute Gasteiger partial charge is 0.198 e. The number of methoxy groups -OCH3 is 1. The van der Waals surface area contributed by atoms with Crippen LogP contribution in [0.5, 0.6) is 5.88 Å². The van der Waals surface area contributed by atoms with Crippen LogP contribution in [-0.2, 0) is 4.74 Å². The topological polar surface area (TPSA) is 60.9 Å². The molecule has 3 rings (SSSR count). The van der Waals surface area contributed by atoms with Crippen LogP contribution in [0.2, 0.25) is 0 Å². The summed E-state index contributed by atoms with van der Waals surface area (Å²) >= 11 is 0. The Bertz CT molecular complexity index is 969. The number of benzene rings is 2. The van der Waals surface area contributed by atoms with Gasteiger partial charge < -0.3 is 19.7 Å². The van der Waals surface area contributed by atoms with Gasteiger partial charge in [-0.25, -0.2) is 8.78 Å². The fourth-order valence-corrected chi connectivity index (χ4v) is 2.93. The zero-order valence-corrected chi connectivity index (χ0v) is 15.2. The number of hydrogen-bond donors (Lipinski definition) is 2. The molecule has 0 aliphatic rings. The standard InChI is InChI=1S/C20H21F2N3O2/c1-3-25(8-9-27-2)19-7-5-14(11-17(19)22)23-12-16-15-6-4-13(21)10-18(15)24-20(16)26/h4-7,10-12,24,26H,3,8-9H2,1-2H3. The van der Waals surface area contributed by atoms with E-state index in [9.17, 15) is 13.9 Å². The van der Waals surface area contributed by atoms with E-state index in [0.717, 1.165) is 0 Å². The number of ether oxygens (including phenoxy) is 1. The molecule has 142 valence electrons. The number of aromatic nitrogens is 1. The molecule has 0 radical (unpaired) electrons. The number of anilines is 1. The summed E-state index contributed by atoms with van der Waals surface area (Å²) in [6.07, 6.45) is 1.43. The number of aliphatic imine (C=N–C) groups is 1. The minimum atomic E-state index is -0.404. The Balaban J connectivity index is 1.86. The van der Waals surface area contributed by atoms with Crippen LogP contribution in [0.25, 0.3) is 10.9 Å². The van der Waals surface area contributed by atoms with E-state index >= 15 is 0 Å². The monoisotopic (exact) mass is 373 g/mol. The zero-order valence-electron chi connectivity index (χ0n) is 15.2. The number of fused-ring (bicyclic) bond motifs is 1. The Hall–Kier alpha value is -2.93. The summed E-state index contributed by atoms with van der Waals surface area (Å²) in [5.41, 5.74) is 1.78. The molecule has 2 aromatic carbocycles. The van der Waals surface area contributed by atoms with Crippen LogP contribution >= 0.6 is 0 Å². The molecule has 0 saturated carbocycles. The molecule has 3 aromatic rings. The molecule has 1 heterocycles. The second-order valence-electron chi connectivity index (χ2n) is 6.04. The first kappa shape index (κ1) is 18.8. The lowest BCUT2D eigenvalue weighted by Gasteiger charge is -2.23. The first-order valence-electron chi connectivity index (χ1n) is 8.61. The lowest BCUT2D eigenvalue weighted by atomic mass is 10.2. The van der Waals surface area contributed by atoms with Crippen LogP contribution in [0.3, 0.4) is 0 Å². The van der Waals surface area contributed by atoms with E-state index < -0.39 is 5.82 Å². The largest absolute Gasteiger partial charge is 0.494 e. The van der Waals surface area contributed by atoms with E-state index in [-0.39, 0.29) is 11.7 Å². The van der Waals surface area contributed by atoms with Crippen LogP contribution < -0.4 is 4.90 Å². The normalized spacial score (nSPS) is 11.6. The van der Waals surface area contributed by atoms with Crippen molar-refractivity contribution < 1.29 is 18.6 Å². The summed E-state index contributed by atoms with van der Waals surface area (Å²) in [7, 11) is 1.61. The van der Waals surface area contributed by atoms with Crippen molar-refractivity contribution in [2.45, 2.75) is 6.92 Å². The predicted octanol–water partition coefficient (Wildman–Crippen LogP) is 4.38. The number of nitrogens with zero attached hydrogens (tertiary/aromatic N) is 2. The van der Waals surface area contributed by atoms with Crippen molar-refractivity contribution in [1.82, 2.24) is 4.98 Å². The maximum absolute atomic E-state index is 14.5. The average molecular weight is 373 g/mol. The van der Waals surface area contributed by atoms with Crippen LogP contribution in [0.15, 0.2) is 41.4 Å². The molecule has 0 fully saturated rings. The average Bonchev–Trinajstić information content (AvgIpc) is 2.96. The van der Waals surface area contributed by atoms with Crippen LogP contribution in [0.4, 0.5) is 20.2 Å². The second-order valence-corrected chi connectivity index (χ2v) is 6.04. The third-order valence-electron chi connectivity index (χ3n) is 4.34. The van der Waals surface area contributed by atoms with Gasteiger partial charge in [0, 0.05) is 37.9 Å². The highest BCUT2D eigenvalue weighted by molar-refractivity contribution is 6.02. The van der Waals surface area contributed by atoms with Crippen molar-refractivity contribution in [2.75, 3.05) is 31.7 Å². The van der Waals surface area contributed by atoms with Crippen LogP contribution in [-0.4, -0.2) is 43.1 Å². The van der Waals surface area contributed by atoms with Gasteiger partial charge in [0.1, 0.15) is 11.6 Å². The number of rotatable bonds is 7. The number of likely N-dealkylation sites (N-methyl/N-ethyl adjacent to an activating group) is 1. The highest BCUT2D eigenvalue weighted by Gasteiger charge is 2.12. The Morgan fingerprint density at radius 1 is 1.22 bits per heavy atom. The molecule has 0 aliphatic carbocycles. The molecule has 0 bridgehead atoms. The maximum Gasteiger partial charge on any atom is 0.198 e. The third kappa shape index (κ3) is 4.09. The van der Waals surface area contributed by atoms with Crippen molar-refractivity contribution >= 4 is 28.5 Å². The number of aromatic amines is 1. The maximum atomic E-state index is 14.5. The quantitative estimate of drug-likeness (QED) is 0.605. The molecule has 2 N–H and O–H groups in total. The van der Waals surface area contributed by atoms with Gasteiger partial charge in [-0.1, -0.05) is 0 Å². The Morgan fingerprint density at radius 3 is 2.74 bits per heavy atom. The summed E-state index contributed by atoms with van der Waals surface area (Å²) in [5.74, 6) is -0.903. The fraction of sp³-hybridized carbons (Fsp3) is 0.250. The second kappa shape index (κ2) is 8.18. The highest BCUT2D eigenvalue weighted by Crippen LogP contribution is 2.28. The molecular weight excluding hydrogens is 352 g/mol. The summed E-state index contributed by atoms with van der Waals surface area (Å²) in [4.78, 5) is 8.83. The number of aromatic hydroxyl groups is 1. The van der Waals surface area contributed by atoms with Gasteiger partial charge >= 0.3 is 0 Å². The molecule has 0 aliphatic heterocycles. The van der Waals surface area contributed by atoms with Crippen molar-refractivity contribution in [3.05, 3.63) is 53.6 Å². The van der Waals surface area contributed by atoms with Crippen molar-refractivity contribution in [1.29, 1.82) is 0 Å². The molecule has 5 nitrogen and oxygen atoms in total. The molecule has 0 unspecified atom stereocenters. The third-order valence-corrected chi connectivity index (χ3v) is 4.34. The fourth-order valence-electron chi connectivity index (χ4n) is 2.93. The van der Waals surface area contributed by atoms with Gasteiger partial charge in [-0.2, -0.15) is 0 Å². The highest BCUT2D eigenvalue weighted by atomic mass is 19.1. The van der Waals surface area contributed by atoms with Gasteiger partial charge in [0.05, 0.1) is 29.1 Å². The Morgan fingerprint density at radius 2 is 2.04 bits per heavy atom. The number of nitrogens with one attached hydrogen (secondary N) is 1. The molecule has 0 amide bonds. The lowest BCUT2D eigenvalue weighted by molar-refractivity contribution is 0.205. The van der Waals surface area contributed by atoms with Crippen LogP contribution in [0, 0.1) is 11.6 Å². The number of halogens is 2. The summed E-state index contributed by atoms with van der Waals surface area (Å²) < 4.78 is 32.9. The van der Waals surface area contributed by atoms with E-state index in [0.29, 0.717) is 47.5 Å². The summed E-state index contributed by atoms with van der Waals surface area (Å²) in [6, 6.07) is 8.87. The Labute approximate surface area is 155 Å². The van der Waals surface area contributed by atoms with Gasteiger partial charge in [0.2, 0.25) is 0 Å². The minimum absolute atomic E-state index is 0.117. The predicted molar refractivity (Wildman–Crippen MR) is 103 cm³/mol. The molecule has 0 atom stereocenters. The van der Waals surface area contributed by atoms with E-state index in [1.807, 2.05) is 11.8 Å². The summed E-state index contributed by atoms with van der Waals surface area (Å²) in [5, 5.41) is 10.7. The molecular formula is C20H21F2N3O2. The van der Waals surface area contributed by atoms with Gasteiger partial charge in [-0.3, -0.25) is 4.99 Å². The Kier molecular flexibility index (Phi) is 5.71. The number of H-pyrrole nitrogens is 1. The van der Waals surface area contributed by atoms with Gasteiger partial charge in [0.25, 0.3) is 0 Å². The molecule has 0 saturated heterocycles. The first-order valence-corrected chi connectivity index (χ1v) is 8.61. The summed E-state index contributed by atoms with van der Waals surface area (Å²) in [6.45, 7) is 3.70. The molecule has 27 heavy (non-hydrogen) atoms. The van der Waals surface area contributed by atoms with Gasteiger partial charge in [0.15, 0.2) is 5.88 Å². The van der Waals surface area contributed by atoms with Crippen molar-refractivity contribution in [3.8, 4) is 5.88 Å². The van der Waals surface area contributed by atoms with Crippen LogP contribution in [0.1, 0.15) is 12.5 Å². The lowest BCUT2D eigenvalue weighted by Crippen LogP contribution is -2.27. The van der Waals surface area contributed by atoms with E-state index in [4.69, 9.17) is 4.74 Å².